The number of carbonyl (C=O) groups is 1. The minimum Gasteiger partial charge on any atom is -0.457 e. The number of ether oxygens (including phenoxy) is 2. The third-order valence-corrected chi connectivity index (χ3v) is 6.83. The molecule has 2 aromatic carbocycles. The van der Waals surface area contributed by atoms with Gasteiger partial charge in [0.15, 0.2) is 22.0 Å². The maximum absolute atomic E-state index is 12.6. The number of β-amino-alcohol motifs (C(OH)–C–C–N with tert-alkyl or cyclic N) is 1. The van der Waals surface area contributed by atoms with Crippen molar-refractivity contribution in [3.63, 3.8) is 0 Å². The highest BCUT2D eigenvalue weighted by Gasteiger charge is 2.24. The van der Waals surface area contributed by atoms with Crippen LogP contribution in [0.5, 0.6) is 11.5 Å². The van der Waals surface area contributed by atoms with E-state index in [0.29, 0.717) is 24.7 Å². The summed E-state index contributed by atoms with van der Waals surface area (Å²) in [6.07, 6.45) is -0.993. The van der Waals surface area contributed by atoms with Gasteiger partial charge in [-0.05, 0) is 61.4 Å². The normalized spacial score (nSPS) is 17.2. The number of aliphatic hydroxyl groups excluding tert-OH is 1. The van der Waals surface area contributed by atoms with Crippen LogP contribution in [-0.4, -0.2) is 73.0 Å². The van der Waals surface area contributed by atoms with E-state index in [1.807, 2.05) is 36.9 Å². The lowest BCUT2D eigenvalue weighted by molar-refractivity contribution is -0.164. The first kappa shape index (κ1) is 24.1. The second-order valence-corrected chi connectivity index (χ2v) is 9.69. The number of morpholine rings is 1. The summed E-state index contributed by atoms with van der Waals surface area (Å²) in [7, 11) is -3.93. The minimum atomic E-state index is -3.93. The molecule has 2 aromatic rings. The van der Waals surface area contributed by atoms with Crippen LogP contribution in [0.3, 0.4) is 0 Å². The Labute approximate surface area is 187 Å². The molecule has 0 bridgehead atoms. The van der Waals surface area contributed by atoms with Gasteiger partial charge in [-0.25, -0.2) is 13.5 Å². The number of nitrogens with zero attached hydrogens (tertiary/aromatic N) is 2. The van der Waals surface area contributed by atoms with Gasteiger partial charge < -0.3 is 14.6 Å². The summed E-state index contributed by atoms with van der Waals surface area (Å²) in [4.78, 5) is 13.9. The number of carbonyl (C=O) groups excluding carboxylic acids is 1. The topological polar surface area (TPSA) is 117 Å². The molecule has 1 atom stereocenters. The third kappa shape index (κ3) is 6.50. The molecule has 1 fully saturated rings. The highest BCUT2D eigenvalue weighted by atomic mass is 32.2. The summed E-state index contributed by atoms with van der Waals surface area (Å²) in [5.74, 6) is -0.459. The molecular formula is C22H28N2O7S. The van der Waals surface area contributed by atoms with Gasteiger partial charge in [-0.3, -0.25) is 14.9 Å². The summed E-state index contributed by atoms with van der Waals surface area (Å²) in [6.45, 7) is 5.40. The largest absolute Gasteiger partial charge is 0.457 e. The Morgan fingerprint density at radius 2 is 1.84 bits per heavy atom. The summed E-state index contributed by atoms with van der Waals surface area (Å²) < 4.78 is 36.0. The number of rotatable bonds is 8. The highest BCUT2D eigenvalue weighted by Crippen LogP contribution is 2.25. The molecule has 1 aliphatic heterocycles. The SMILES string of the molecule is Cc1ccc(Oc2ccc(S(=O)(=O)CN(O)C(=O)CCN3CCOC(O)C3)cc2)cc1C. The van der Waals surface area contributed by atoms with E-state index in [2.05, 4.69) is 0 Å². The van der Waals surface area contributed by atoms with Crippen LogP contribution >= 0.6 is 0 Å². The summed E-state index contributed by atoms with van der Waals surface area (Å²) in [5, 5.41) is 19.7. The van der Waals surface area contributed by atoms with E-state index in [0.717, 1.165) is 11.1 Å². The Hall–Kier alpha value is -2.50. The molecule has 174 valence electrons. The molecule has 9 nitrogen and oxygen atoms in total. The van der Waals surface area contributed by atoms with Crippen molar-refractivity contribution in [2.24, 2.45) is 0 Å². The molecule has 0 spiro atoms. The van der Waals surface area contributed by atoms with Gasteiger partial charge in [0.05, 0.1) is 11.5 Å². The van der Waals surface area contributed by atoms with Crippen LogP contribution in [-0.2, 0) is 19.4 Å². The smallest absolute Gasteiger partial charge is 0.248 e. The van der Waals surface area contributed by atoms with Crippen molar-refractivity contribution in [1.82, 2.24) is 9.96 Å². The minimum absolute atomic E-state index is 0.0342. The van der Waals surface area contributed by atoms with Gasteiger partial charge in [0.1, 0.15) is 11.5 Å². The lowest BCUT2D eigenvalue weighted by Gasteiger charge is -2.30. The monoisotopic (exact) mass is 464 g/mol. The van der Waals surface area contributed by atoms with Crippen molar-refractivity contribution < 1.29 is 33.0 Å². The summed E-state index contributed by atoms with van der Waals surface area (Å²) in [6, 6.07) is 11.5. The van der Waals surface area contributed by atoms with Gasteiger partial charge in [0, 0.05) is 26.1 Å². The highest BCUT2D eigenvalue weighted by molar-refractivity contribution is 7.91. The fourth-order valence-electron chi connectivity index (χ4n) is 3.20. The molecule has 2 N–H and O–H groups in total. The molecule has 1 amide bonds. The maximum Gasteiger partial charge on any atom is 0.248 e. The Morgan fingerprint density at radius 3 is 2.50 bits per heavy atom. The number of hydrogen-bond acceptors (Lipinski definition) is 8. The molecule has 1 unspecified atom stereocenters. The number of amides is 1. The Bertz CT molecular complexity index is 1040. The molecule has 10 heteroatoms. The van der Waals surface area contributed by atoms with Crippen LogP contribution in [0, 0.1) is 13.8 Å². The molecule has 1 saturated heterocycles. The van der Waals surface area contributed by atoms with Gasteiger partial charge >= 0.3 is 0 Å². The van der Waals surface area contributed by atoms with Crippen LogP contribution in [0.15, 0.2) is 47.4 Å². The van der Waals surface area contributed by atoms with Crippen LogP contribution in [0.4, 0.5) is 0 Å². The zero-order valence-corrected chi connectivity index (χ0v) is 18.9. The van der Waals surface area contributed by atoms with Gasteiger partial charge in [-0.1, -0.05) is 6.07 Å². The average molecular weight is 465 g/mol. The second-order valence-electron chi connectivity index (χ2n) is 7.73. The van der Waals surface area contributed by atoms with E-state index in [1.165, 1.54) is 24.3 Å². The number of hydrogen-bond donors (Lipinski definition) is 2. The Morgan fingerprint density at radius 1 is 1.16 bits per heavy atom. The first-order valence-electron chi connectivity index (χ1n) is 10.2. The number of sulfone groups is 1. The van der Waals surface area contributed by atoms with Crippen molar-refractivity contribution in [3.05, 3.63) is 53.6 Å². The lowest BCUT2D eigenvalue weighted by Crippen LogP contribution is -2.44. The zero-order chi connectivity index (χ0) is 23.3. The molecule has 0 saturated carbocycles. The molecule has 0 aromatic heterocycles. The molecule has 32 heavy (non-hydrogen) atoms. The predicted molar refractivity (Wildman–Crippen MR) is 116 cm³/mol. The van der Waals surface area contributed by atoms with Crippen LogP contribution in [0.25, 0.3) is 0 Å². The van der Waals surface area contributed by atoms with Crippen LogP contribution < -0.4 is 4.74 Å². The van der Waals surface area contributed by atoms with Crippen molar-refractivity contribution >= 4 is 15.7 Å². The number of aryl methyl sites for hydroxylation is 2. The van der Waals surface area contributed by atoms with Crippen LogP contribution in [0.2, 0.25) is 0 Å². The Kier molecular flexibility index (Phi) is 7.86. The van der Waals surface area contributed by atoms with E-state index in [4.69, 9.17) is 9.47 Å². The molecule has 1 aliphatic rings. The third-order valence-electron chi connectivity index (χ3n) is 5.25. The molecule has 0 radical (unpaired) electrons. The average Bonchev–Trinajstić information content (AvgIpc) is 2.75. The fraction of sp³-hybridized carbons (Fsp3) is 0.409. The number of aliphatic hydroxyl groups is 1. The van der Waals surface area contributed by atoms with E-state index in [9.17, 15) is 23.5 Å². The maximum atomic E-state index is 12.6. The van der Waals surface area contributed by atoms with E-state index >= 15 is 0 Å². The fourth-order valence-corrected chi connectivity index (χ4v) is 4.37. The number of benzene rings is 2. The Balaban J connectivity index is 1.55. The standard InChI is InChI=1S/C22H28N2O7S/c1-16-3-4-19(13-17(16)2)31-18-5-7-20(8-6-18)32(28,29)15-24(27)21(25)9-10-23-11-12-30-22(26)14-23/h3-8,13,22,26-27H,9-12,14-15H2,1-2H3. The number of hydroxylamine groups is 2. The van der Waals surface area contributed by atoms with E-state index in [-0.39, 0.29) is 29.5 Å². The van der Waals surface area contributed by atoms with Gasteiger partial charge in [-0.2, -0.15) is 0 Å². The molecule has 0 aliphatic carbocycles. The first-order valence-corrected chi connectivity index (χ1v) is 11.9. The second kappa shape index (κ2) is 10.4. The predicted octanol–water partition coefficient (Wildman–Crippen LogP) is 2.09. The summed E-state index contributed by atoms with van der Waals surface area (Å²) in [5.41, 5.74) is 2.23. The lowest BCUT2D eigenvalue weighted by atomic mass is 10.1. The van der Waals surface area contributed by atoms with Crippen LogP contribution in [0.1, 0.15) is 17.5 Å². The van der Waals surface area contributed by atoms with E-state index in [1.54, 1.807) is 0 Å². The van der Waals surface area contributed by atoms with Crippen molar-refractivity contribution in [3.8, 4) is 11.5 Å². The van der Waals surface area contributed by atoms with Gasteiger partial charge in [0.25, 0.3) is 0 Å². The zero-order valence-electron chi connectivity index (χ0n) is 18.1. The van der Waals surface area contributed by atoms with Crippen molar-refractivity contribution in [2.75, 3.05) is 32.1 Å². The van der Waals surface area contributed by atoms with Gasteiger partial charge in [0.2, 0.25) is 5.91 Å². The summed E-state index contributed by atoms with van der Waals surface area (Å²) >= 11 is 0. The molecule has 3 rings (SSSR count). The van der Waals surface area contributed by atoms with E-state index < -0.39 is 27.9 Å². The molecule has 1 heterocycles. The van der Waals surface area contributed by atoms with Gasteiger partial charge in [-0.15, -0.1) is 0 Å². The first-order chi connectivity index (χ1) is 15.1. The molecular weight excluding hydrogens is 436 g/mol. The quantitative estimate of drug-likeness (QED) is 0.451. The van der Waals surface area contributed by atoms with Crippen molar-refractivity contribution in [2.45, 2.75) is 31.5 Å². The van der Waals surface area contributed by atoms with Crippen molar-refractivity contribution in [1.29, 1.82) is 0 Å².